The van der Waals surface area contributed by atoms with E-state index in [-0.39, 0.29) is 29.9 Å². The first-order valence-corrected chi connectivity index (χ1v) is 12.0. The van der Waals surface area contributed by atoms with Gasteiger partial charge in [-0.15, -0.1) is 6.58 Å². The molecule has 0 spiro atoms. The number of carbonyl (C=O) groups excluding carboxylic acids is 1. The Morgan fingerprint density at radius 2 is 1.74 bits per heavy atom. The van der Waals surface area contributed by atoms with Crippen molar-refractivity contribution in [3.63, 3.8) is 0 Å². The van der Waals surface area contributed by atoms with E-state index < -0.39 is 10.0 Å². The zero-order valence-electron chi connectivity index (χ0n) is 17.9. The SMILES string of the molecule is C=CCN(Cc1ccc(C(=O)NC2CCCCC2)cc1)S(=O)(=O)c1ccc(OC)cc1. The fourth-order valence-electron chi connectivity index (χ4n) is 3.77. The third-order valence-electron chi connectivity index (χ3n) is 5.55. The van der Waals surface area contributed by atoms with Crippen molar-refractivity contribution < 1.29 is 17.9 Å². The lowest BCUT2D eigenvalue weighted by molar-refractivity contribution is 0.0927. The molecule has 1 amide bonds. The molecule has 0 unspecified atom stereocenters. The van der Waals surface area contributed by atoms with E-state index >= 15 is 0 Å². The maximum absolute atomic E-state index is 13.1. The van der Waals surface area contributed by atoms with Crippen LogP contribution in [0, 0.1) is 0 Å². The van der Waals surface area contributed by atoms with Crippen LogP contribution in [-0.2, 0) is 16.6 Å². The predicted octanol–water partition coefficient (Wildman–Crippen LogP) is 4.13. The molecule has 1 fully saturated rings. The maximum Gasteiger partial charge on any atom is 0.251 e. The summed E-state index contributed by atoms with van der Waals surface area (Å²) >= 11 is 0. The van der Waals surface area contributed by atoms with E-state index in [1.165, 1.54) is 30.0 Å². The zero-order chi connectivity index (χ0) is 22.3. The summed E-state index contributed by atoms with van der Waals surface area (Å²) in [6.07, 6.45) is 7.18. The molecule has 0 atom stereocenters. The van der Waals surface area contributed by atoms with Crippen molar-refractivity contribution in [2.75, 3.05) is 13.7 Å². The number of carbonyl (C=O) groups is 1. The first-order valence-electron chi connectivity index (χ1n) is 10.6. The Morgan fingerprint density at radius 3 is 2.32 bits per heavy atom. The first kappa shape index (κ1) is 23.0. The minimum absolute atomic E-state index is 0.0766. The number of rotatable bonds is 9. The quantitative estimate of drug-likeness (QED) is 0.593. The van der Waals surface area contributed by atoms with E-state index in [0.717, 1.165) is 31.2 Å². The molecule has 6 nitrogen and oxygen atoms in total. The lowest BCUT2D eigenvalue weighted by Crippen LogP contribution is -2.36. The Bertz CT molecular complexity index is 979. The van der Waals surface area contributed by atoms with Crippen molar-refractivity contribution in [1.82, 2.24) is 9.62 Å². The van der Waals surface area contributed by atoms with Gasteiger partial charge in [0.05, 0.1) is 12.0 Å². The van der Waals surface area contributed by atoms with Gasteiger partial charge in [0.1, 0.15) is 5.75 Å². The van der Waals surface area contributed by atoms with Crippen molar-refractivity contribution in [2.45, 2.75) is 49.6 Å². The van der Waals surface area contributed by atoms with Crippen LogP contribution in [0.3, 0.4) is 0 Å². The van der Waals surface area contributed by atoms with E-state index in [9.17, 15) is 13.2 Å². The highest BCUT2D eigenvalue weighted by Crippen LogP contribution is 2.22. The highest BCUT2D eigenvalue weighted by Gasteiger charge is 2.24. The second kappa shape index (κ2) is 10.6. The highest BCUT2D eigenvalue weighted by atomic mass is 32.2. The van der Waals surface area contributed by atoms with E-state index in [4.69, 9.17) is 4.74 Å². The highest BCUT2D eigenvalue weighted by molar-refractivity contribution is 7.89. The number of nitrogens with zero attached hydrogens (tertiary/aromatic N) is 1. The summed E-state index contributed by atoms with van der Waals surface area (Å²) in [7, 11) is -2.17. The van der Waals surface area contributed by atoms with Gasteiger partial charge in [-0.1, -0.05) is 37.5 Å². The molecular formula is C24H30N2O4S. The number of methoxy groups -OCH3 is 1. The van der Waals surface area contributed by atoms with Crippen molar-refractivity contribution in [3.8, 4) is 5.75 Å². The first-order chi connectivity index (χ1) is 14.9. The Morgan fingerprint density at radius 1 is 1.10 bits per heavy atom. The van der Waals surface area contributed by atoms with Crippen LogP contribution >= 0.6 is 0 Å². The second-order valence-electron chi connectivity index (χ2n) is 7.77. The van der Waals surface area contributed by atoms with Gasteiger partial charge in [0.2, 0.25) is 10.0 Å². The molecule has 0 aromatic heterocycles. The molecule has 2 aromatic rings. The molecule has 3 rings (SSSR count). The van der Waals surface area contributed by atoms with Crippen LogP contribution in [0.25, 0.3) is 0 Å². The fourth-order valence-corrected chi connectivity index (χ4v) is 5.17. The molecule has 1 N–H and O–H groups in total. The normalized spacial score (nSPS) is 14.9. The lowest BCUT2D eigenvalue weighted by Gasteiger charge is -2.23. The van der Waals surface area contributed by atoms with Gasteiger partial charge in [0, 0.05) is 24.7 Å². The standard InChI is InChI=1S/C24H30N2O4S/c1-3-17-26(31(28,29)23-15-13-22(30-2)14-16-23)18-19-9-11-20(12-10-19)24(27)25-21-7-5-4-6-8-21/h3,9-16,21H,1,4-8,17-18H2,2H3,(H,25,27). The second-order valence-corrected chi connectivity index (χ2v) is 9.71. The largest absolute Gasteiger partial charge is 0.497 e. The molecule has 0 radical (unpaired) electrons. The molecular weight excluding hydrogens is 412 g/mol. The summed E-state index contributed by atoms with van der Waals surface area (Å²) in [6.45, 7) is 4.05. The van der Waals surface area contributed by atoms with Crippen LogP contribution in [0.15, 0.2) is 66.1 Å². The van der Waals surface area contributed by atoms with Crippen LogP contribution in [0.4, 0.5) is 0 Å². The van der Waals surface area contributed by atoms with Crippen molar-refractivity contribution in [1.29, 1.82) is 0 Å². The number of nitrogens with one attached hydrogen (secondary N) is 1. The average Bonchev–Trinajstić information content (AvgIpc) is 2.80. The van der Waals surface area contributed by atoms with Gasteiger partial charge in [0.15, 0.2) is 0 Å². The van der Waals surface area contributed by atoms with Gasteiger partial charge in [-0.2, -0.15) is 4.31 Å². The van der Waals surface area contributed by atoms with Gasteiger partial charge in [-0.25, -0.2) is 8.42 Å². The van der Waals surface area contributed by atoms with Crippen LogP contribution < -0.4 is 10.1 Å². The van der Waals surface area contributed by atoms with Crippen molar-refractivity contribution >= 4 is 15.9 Å². The minimum Gasteiger partial charge on any atom is -0.497 e. The Balaban J connectivity index is 1.70. The van der Waals surface area contributed by atoms with Crippen LogP contribution in [0.1, 0.15) is 48.0 Å². The minimum atomic E-state index is -3.70. The zero-order valence-corrected chi connectivity index (χ0v) is 18.7. The number of hydrogen-bond acceptors (Lipinski definition) is 4. The van der Waals surface area contributed by atoms with Gasteiger partial charge in [-0.05, 0) is 54.8 Å². The molecule has 1 aliphatic carbocycles. The molecule has 1 saturated carbocycles. The van der Waals surface area contributed by atoms with Crippen LogP contribution in [0.2, 0.25) is 0 Å². The van der Waals surface area contributed by atoms with Crippen LogP contribution in [0.5, 0.6) is 5.75 Å². The number of sulfonamides is 1. The molecule has 31 heavy (non-hydrogen) atoms. The molecule has 0 bridgehead atoms. The van der Waals surface area contributed by atoms with E-state index in [1.807, 2.05) is 0 Å². The smallest absolute Gasteiger partial charge is 0.251 e. The van der Waals surface area contributed by atoms with Crippen LogP contribution in [-0.4, -0.2) is 38.3 Å². The predicted molar refractivity (Wildman–Crippen MR) is 122 cm³/mol. The summed E-state index contributed by atoms with van der Waals surface area (Å²) < 4.78 is 32.7. The summed E-state index contributed by atoms with van der Waals surface area (Å²) in [6, 6.07) is 13.7. The summed E-state index contributed by atoms with van der Waals surface area (Å²) in [5, 5.41) is 3.10. The molecule has 0 heterocycles. The van der Waals surface area contributed by atoms with E-state index in [0.29, 0.717) is 11.3 Å². The lowest BCUT2D eigenvalue weighted by atomic mass is 9.95. The average molecular weight is 443 g/mol. The number of benzene rings is 2. The molecule has 0 saturated heterocycles. The molecule has 2 aromatic carbocycles. The van der Waals surface area contributed by atoms with E-state index in [2.05, 4.69) is 11.9 Å². The Labute approximate surface area is 185 Å². The molecule has 166 valence electrons. The summed E-state index contributed by atoms with van der Waals surface area (Å²) in [4.78, 5) is 12.7. The summed E-state index contributed by atoms with van der Waals surface area (Å²) in [5.74, 6) is 0.517. The van der Waals surface area contributed by atoms with Gasteiger partial charge in [-0.3, -0.25) is 4.79 Å². The molecule has 0 aliphatic heterocycles. The summed E-state index contributed by atoms with van der Waals surface area (Å²) in [5.41, 5.74) is 1.38. The fraction of sp³-hybridized carbons (Fsp3) is 0.375. The third kappa shape index (κ3) is 5.95. The molecule has 1 aliphatic rings. The number of ether oxygens (including phenoxy) is 1. The van der Waals surface area contributed by atoms with Crippen molar-refractivity contribution in [3.05, 3.63) is 72.3 Å². The number of hydrogen-bond donors (Lipinski definition) is 1. The Hall–Kier alpha value is -2.64. The monoisotopic (exact) mass is 442 g/mol. The van der Waals surface area contributed by atoms with E-state index in [1.54, 1.807) is 42.5 Å². The van der Waals surface area contributed by atoms with Gasteiger partial charge >= 0.3 is 0 Å². The third-order valence-corrected chi connectivity index (χ3v) is 7.37. The molecule has 7 heteroatoms. The Kier molecular flexibility index (Phi) is 7.87. The van der Waals surface area contributed by atoms with Crippen molar-refractivity contribution in [2.24, 2.45) is 0 Å². The number of amides is 1. The van der Waals surface area contributed by atoms with Gasteiger partial charge < -0.3 is 10.1 Å². The topological polar surface area (TPSA) is 75.7 Å². The van der Waals surface area contributed by atoms with Gasteiger partial charge in [0.25, 0.3) is 5.91 Å². The maximum atomic E-state index is 13.1.